The molecule has 168 valence electrons. The van der Waals surface area contributed by atoms with Crippen LogP contribution >= 0.6 is 34.4 Å². The fraction of sp³-hybridized carbons (Fsp3) is 0.455. The summed E-state index contributed by atoms with van der Waals surface area (Å²) >= 11 is 4.79. The van der Waals surface area contributed by atoms with Crippen LogP contribution < -0.4 is 5.56 Å². The average Bonchev–Trinajstić information content (AvgIpc) is 3.52. The molecule has 0 spiro atoms. The van der Waals surface area contributed by atoms with E-state index in [0.29, 0.717) is 24.0 Å². The van der Waals surface area contributed by atoms with E-state index in [-0.39, 0.29) is 5.56 Å². The summed E-state index contributed by atoms with van der Waals surface area (Å²) in [4.78, 5) is 27.4. The van der Waals surface area contributed by atoms with Crippen molar-refractivity contribution in [3.8, 4) is 11.4 Å². The lowest BCUT2D eigenvalue weighted by atomic mass is 9.97. The lowest BCUT2D eigenvalue weighted by molar-refractivity contribution is 0.379. The van der Waals surface area contributed by atoms with Gasteiger partial charge in [-0.2, -0.15) is 16.3 Å². The van der Waals surface area contributed by atoms with Gasteiger partial charge in [-0.1, -0.05) is 16.9 Å². The minimum absolute atomic E-state index is 0.0974. The van der Waals surface area contributed by atoms with E-state index in [9.17, 15) is 4.79 Å². The van der Waals surface area contributed by atoms with E-state index in [1.54, 1.807) is 22.7 Å². The lowest BCUT2D eigenvalue weighted by Crippen LogP contribution is -2.25. The molecule has 0 aliphatic heterocycles. The van der Waals surface area contributed by atoms with Gasteiger partial charge < -0.3 is 9.42 Å². The van der Waals surface area contributed by atoms with Crippen molar-refractivity contribution in [1.82, 2.24) is 24.6 Å². The van der Waals surface area contributed by atoms with Gasteiger partial charge in [0.1, 0.15) is 4.83 Å². The zero-order valence-corrected chi connectivity index (χ0v) is 20.6. The molecule has 7 nitrogen and oxygen atoms in total. The van der Waals surface area contributed by atoms with E-state index in [2.05, 4.69) is 29.1 Å². The van der Waals surface area contributed by atoms with Crippen LogP contribution in [-0.4, -0.2) is 45.2 Å². The first kappa shape index (κ1) is 21.8. The van der Waals surface area contributed by atoms with Gasteiger partial charge in [0.2, 0.25) is 11.7 Å². The van der Waals surface area contributed by atoms with Crippen LogP contribution in [0, 0.1) is 0 Å². The topological polar surface area (TPSA) is 77.1 Å². The fourth-order valence-electron chi connectivity index (χ4n) is 4.02. The molecule has 1 aliphatic carbocycles. The standard InChI is InChI=1S/C22H25N5O2S3/c1-26(2)9-5-10-27-21(28)18-15-6-3-4-7-16(15)32-20(18)24-22(27)31-13-17-23-19(25-29-17)14-8-11-30-12-14/h8,11-12H,3-7,9-10,13H2,1-2H3. The monoisotopic (exact) mass is 487 g/mol. The van der Waals surface area contributed by atoms with Gasteiger partial charge in [0.15, 0.2) is 5.16 Å². The van der Waals surface area contributed by atoms with Crippen molar-refractivity contribution < 1.29 is 4.52 Å². The second-order valence-corrected chi connectivity index (χ2v) is 11.0. The third-order valence-electron chi connectivity index (χ3n) is 5.60. The van der Waals surface area contributed by atoms with Crippen LogP contribution in [-0.2, 0) is 25.1 Å². The smallest absolute Gasteiger partial charge is 0.263 e. The molecule has 4 heterocycles. The summed E-state index contributed by atoms with van der Waals surface area (Å²) in [6.07, 6.45) is 5.29. The number of fused-ring (bicyclic) bond motifs is 3. The van der Waals surface area contributed by atoms with Gasteiger partial charge in [0.05, 0.1) is 11.1 Å². The largest absolute Gasteiger partial charge is 0.338 e. The summed E-state index contributed by atoms with van der Waals surface area (Å²) in [5.41, 5.74) is 2.29. The maximum atomic E-state index is 13.6. The van der Waals surface area contributed by atoms with Crippen LogP contribution in [0.4, 0.5) is 0 Å². The van der Waals surface area contributed by atoms with E-state index in [1.807, 2.05) is 21.4 Å². The number of thiophene rings is 2. The maximum Gasteiger partial charge on any atom is 0.263 e. The Bertz CT molecular complexity index is 1270. The summed E-state index contributed by atoms with van der Waals surface area (Å²) in [5, 5.41) is 9.65. The lowest BCUT2D eigenvalue weighted by Gasteiger charge is -2.14. The van der Waals surface area contributed by atoms with E-state index < -0.39 is 0 Å². The number of thioether (sulfide) groups is 1. The molecule has 0 unspecified atom stereocenters. The van der Waals surface area contributed by atoms with E-state index in [4.69, 9.17) is 9.51 Å². The molecule has 0 fully saturated rings. The summed E-state index contributed by atoms with van der Waals surface area (Å²) < 4.78 is 7.31. The van der Waals surface area contributed by atoms with Gasteiger partial charge in [-0.3, -0.25) is 9.36 Å². The highest BCUT2D eigenvalue weighted by Gasteiger charge is 2.22. The second-order valence-electron chi connectivity index (χ2n) is 8.21. The minimum atomic E-state index is 0.0974. The highest BCUT2D eigenvalue weighted by molar-refractivity contribution is 7.98. The van der Waals surface area contributed by atoms with Gasteiger partial charge >= 0.3 is 0 Å². The van der Waals surface area contributed by atoms with Crippen LogP contribution in [0.3, 0.4) is 0 Å². The van der Waals surface area contributed by atoms with Gasteiger partial charge in [-0.15, -0.1) is 11.3 Å². The van der Waals surface area contributed by atoms with E-state index in [0.717, 1.165) is 53.2 Å². The molecule has 4 aromatic rings. The van der Waals surface area contributed by atoms with Crippen molar-refractivity contribution in [3.63, 3.8) is 0 Å². The highest BCUT2D eigenvalue weighted by atomic mass is 32.2. The number of hydrogen-bond acceptors (Lipinski definition) is 9. The molecule has 0 N–H and O–H groups in total. The summed E-state index contributed by atoms with van der Waals surface area (Å²) in [7, 11) is 4.10. The average molecular weight is 488 g/mol. The van der Waals surface area contributed by atoms with Crippen LogP contribution in [0.2, 0.25) is 0 Å². The van der Waals surface area contributed by atoms with Crippen LogP contribution in [0.5, 0.6) is 0 Å². The Hall–Kier alpha value is -2.01. The van der Waals surface area contributed by atoms with Crippen molar-refractivity contribution in [1.29, 1.82) is 0 Å². The van der Waals surface area contributed by atoms with Gasteiger partial charge in [-0.05, 0) is 69.8 Å². The van der Waals surface area contributed by atoms with Crippen molar-refractivity contribution in [2.75, 3.05) is 20.6 Å². The molecule has 0 saturated heterocycles. The summed E-state index contributed by atoms with van der Waals surface area (Å²) in [6, 6.07) is 1.98. The number of aryl methyl sites for hydroxylation is 2. The van der Waals surface area contributed by atoms with Crippen molar-refractivity contribution in [2.45, 2.75) is 49.6 Å². The number of nitrogens with zero attached hydrogens (tertiary/aromatic N) is 5. The Morgan fingerprint density at radius 1 is 1.25 bits per heavy atom. The first-order valence-corrected chi connectivity index (χ1v) is 13.5. The molecule has 0 saturated carbocycles. The van der Waals surface area contributed by atoms with Crippen LogP contribution in [0.25, 0.3) is 21.6 Å². The normalized spacial score (nSPS) is 13.8. The Labute approximate surface area is 198 Å². The Kier molecular flexibility index (Phi) is 6.45. The van der Waals surface area contributed by atoms with Crippen LogP contribution in [0.15, 0.2) is 31.3 Å². The van der Waals surface area contributed by atoms with Crippen LogP contribution in [0.1, 0.15) is 35.6 Å². The third kappa shape index (κ3) is 4.41. The molecule has 0 bridgehead atoms. The zero-order valence-electron chi connectivity index (χ0n) is 18.2. The second kappa shape index (κ2) is 9.46. The predicted octanol–water partition coefficient (Wildman–Crippen LogP) is 4.69. The third-order valence-corrected chi connectivity index (χ3v) is 8.43. The molecule has 10 heteroatoms. The quantitative estimate of drug-likeness (QED) is 0.263. The SMILES string of the molecule is CN(C)CCCn1c(SCc2nc(-c3ccsc3)no2)nc2sc3c(c2c1=O)CCCC3. The predicted molar refractivity (Wildman–Crippen MR) is 131 cm³/mol. The van der Waals surface area contributed by atoms with Gasteiger partial charge in [-0.25, -0.2) is 4.98 Å². The molecule has 0 aromatic carbocycles. The first-order valence-electron chi connectivity index (χ1n) is 10.8. The fourth-order valence-corrected chi connectivity index (χ4v) is 6.82. The van der Waals surface area contributed by atoms with Gasteiger partial charge in [0, 0.05) is 22.4 Å². The molecular weight excluding hydrogens is 462 g/mol. The molecule has 0 amide bonds. The highest BCUT2D eigenvalue weighted by Crippen LogP contribution is 2.35. The van der Waals surface area contributed by atoms with Gasteiger partial charge in [0.25, 0.3) is 5.56 Å². The number of rotatable bonds is 8. The minimum Gasteiger partial charge on any atom is -0.338 e. The molecule has 4 aromatic heterocycles. The summed E-state index contributed by atoms with van der Waals surface area (Å²) in [6.45, 7) is 1.57. The molecule has 0 radical (unpaired) electrons. The molecule has 5 rings (SSSR count). The van der Waals surface area contributed by atoms with Crippen molar-refractivity contribution >= 4 is 44.7 Å². The zero-order chi connectivity index (χ0) is 22.1. The molecule has 32 heavy (non-hydrogen) atoms. The molecular formula is C22H25N5O2S3. The Balaban J connectivity index is 1.45. The maximum absolute atomic E-state index is 13.6. The molecule has 0 atom stereocenters. The summed E-state index contributed by atoms with van der Waals surface area (Å²) in [5.74, 6) is 1.61. The Morgan fingerprint density at radius 3 is 2.94 bits per heavy atom. The van der Waals surface area contributed by atoms with E-state index in [1.165, 1.54) is 28.6 Å². The number of hydrogen-bond donors (Lipinski definition) is 0. The van der Waals surface area contributed by atoms with Crippen molar-refractivity contribution in [3.05, 3.63) is 43.5 Å². The van der Waals surface area contributed by atoms with Crippen molar-refractivity contribution in [2.24, 2.45) is 0 Å². The molecule has 1 aliphatic rings. The Morgan fingerprint density at radius 2 is 2.12 bits per heavy atom. The number of aromatic nitrogens is 4. The van der Waals surface area contributed by atoms with E-state index >= 15 is 0 Å². The first-order chi connectivity index (χ1) is 15.6.